The summed E-state index contributed by atoms with van der Waals surface area (Å²) in [5.41, 5.74) is -0.231. The Morgan fingerprint density at radius 3 is 3.07 bits per heavy atom. The minimum atomic E-state index is -0.243. The van der Waals surface area contributed by atoms with E-state index in [0.717, 1.165) is 19.3 Å². The Kier molecular flexibility index (Phi) is 2.15. The van der Waals surface area contributed by atoms with Crippen molar-refractivity contribution in [2.75, 3.05) is 6.61 Å². The van der Waals surface area contributed by atoms with Crippen LogP contribution in [0.1, 0.15) is 39.0 Å². The number of Topliss-reactive ketones (excluding diaryl/α,β-unsaturated/α-hetero) is 1. The van der Waals surface area contributed by atoms with Crippen molar-refractivity contribution in [1.82, 2.24) is 0 Å². The van der Waals surface area contributed by atoms with E-state index in [4.69, 9.17) is 9.47 Å². The summed E-state index contributed by atoms with van der Waals surface area (Å²) in [6, 6.07) is 0. The van der Waals surface area contributed by atoms with E-state index in [1.54, 1.807) is 0 Å². The van der Waals surface area contributed by atoms with Gasteiger partial charge in [-0.25, -0.2) is 0 Å². The molecule has 0 N–H and O–H groups in total. The lowest BCUT2D eigenvalue weighted by Crippen LogP contribution is -2.70. The number of ether oxygens (including phenoxy) is 2. The van der Waals surface area contributed by atoms with Crippen LogP contribution in [0, 0.1) is 5.92 Å². The van der Waals surface area contributed by atoms with Gasteiger partial charge in [0.05, 0.1) is 18.6 Å². The Morgan fingerprint density at radius 1 is 1.33 bits per heavy atom. The monoisotopic (exact) mass is 210 g/mol. The van der Waals surface area contributed by atoms with Crippen molar-refractivity contribution in [1.29, 1.82) is 0 Å². The smallest absolute Gasteiger partial charge is 0.170 e. The summed E-state index contributed by atoms with van der Waals surface area (Å²) < 4.78 is 11.8. The molecule has 0 aromatic carbocycles. The van der Waals surface area contributed by atoms with Crippen LogP contribution in [0.3, 0.4) is 0 Å². The van der Waals surface area contributed by atoms with E-state index in [2.05, 4.69) is 6.92 Å². The van der Waals surface area contributed by atoms with E-state index < -0.39 is 0 Å². The van der Waals surface area contributed by atoms with Crippen molar-refractivity contribution < 1.29 is 14.3 Å². The van der Waals surface area contributed by atoms with Crippen LogP contribution in [0.2, 0.25) is 0 Å². The number of hydrogen-bond donors (Lipinski definition) is 0. The molecule has 0 bridgehead atoms. The third kappa shape index (κ3) is 1.23. The lowest BCUT2D eigenvalue weighted by molar-refractivity contribution is -0.230. The van der Waals surface area contributed by atoms with Crippen LogP contribution in [0.25, 0.3) is 0 Å². The molecule has 3 rings (SSSR count). The maximum atomic E-state index is 11.9. The first kappa shape index (κ1) is 9.79. The van der Waals surface area contributed by atoms with Gasteiger partial charge in [-0.1, -0.05) is 12.8 Å². The van der Waals surface area contributed by atoms with E-state index in [0.29, 0.717) is 12.4 Å². The van der Waals surface area contributed by atoms with Crippen molar-refractivity contribution in [2.24, 2.45) is 5.92 Å². The largest absolute Gasteiger partial charge is 0.368 e. The molecule has 1 aliphatic heterocycles. The third-order valence-electron chi connectivity index (χ3n) is 4.18. The van der Waals surface area contributed by atoms with Gasteiger partial charge in [0.25, 0.3) is 0 Å². The quantitative estimate of drug-likeness (QED) is 0.610. The molecule has 0 unspecified atom stereocenters. The maximum absolute atomic E-state index is 11.9. The second-order valence-corrected chi connectivity index (χ2v) is 5.12. The molecule has 0 radical (unpaired) electrons. The van der Waals surface area contributed by atoms with Gasteiger partial charge in [-0.3, -0.25) is 4.79 Å². The molecule has 1 saturated heterocycles. The SMILES string of the molecule is C[C@@H]1CCO[C@@H]2C(=O)[C@H]3CCCC[C@]32O1. The highest BCUT2D eigenvalue weighted by atomic mass is 16.6. The number of carbonyl (C=O) groups is 1. The van der Waals surface area contributed by atoms with Crippen LogP contribution < -0.4 is 0 Å². The summed E-state index contributed by atoms with van der Waals surface area (Å²) >= 11 is 0. The average Bonchev–Trinajstić information content (AvgIpc) is 2.35. The van der Waals surface area contributed by atoms with Gasteiger partial charge in [0.2, 0.25) is 0 Å². The fourth-order valence-corrected chi connectivity index (χ4v) is 3.40. The number of ketones is 1. The van der Waals surface area contributed by atoms with Gasteiger partial charge >= 0.3 is 0 Å². The topological polar surface area (TPSA) is 35.5 Å². The summed E-state index contributed by atoms with van der Waals surface area (Å²) in [5, 5.41) is 0. The Hall–Kier alpha value is -0.410. The zero-order valence-corrected chi connectivity index (χ0v) is 9.20. The van der Waals surface area contributed by atoms with Crippen molar-refractivity contribution >= 4 is 5.78 Å². The van der Waals surface area contributed by atoms with Crippen molar-refractivity contribution in [3.05, 3.63) is 0 Å². The Bertz CT molecular complexity index is 289. The molecule has 84 valence electrons. The van der Waals surface area contributed by atoms with Crippen LogP contribution >= 0.6 is 0 Å². The molecule has 3 fully saturated rings. The summed E-state index contributed by atoms with van der Waals surface area (Å²) in [7, 11) is 0. The Balaban J connectivity index is 1.90. The second kappa shape index (κ2) is 3.29. The molecule has 0 aromatic heterocycles. The fourth-order valence-electron chi connectivity index (χ4n) is 3.40. The van der Waals surface area contributed by atoms with Crippen molar-refractivity contribution in [2.45, 2.75) is 56.8 Å². The number of carbonyl (C=O) groups excluding carboxylic acids is 1. The predicted octanol–water partition coefficient (Wildman–Crippen LogP) is 1.69. The lowest BCUT2D eigenvalue weighted by Gasteiger charge is -2.55. The van der Waals surface area contributed by atoms with Gasteiger partial charge in [0, 0.05) is 0 Å². The minimum Gasteiger partial charge on any atom is -0.368 e. The molecule has 1 heterocycles. The van der Waals surface area contributed by atoms with Gasteiger partial charge in [0.1, 0.15) is 11.7 Å². The summed E-state index contributed by atoms with van der Waals surface area (Å²) in [5.74, 6) is 0.431. The molecule has 0 amide bonds. The molecule has 0 aromatic rings. The molecule has 1 spiro atoms. The average molecular weight is 210 g/mol. The number of rotatable bonds is 0. The molecule has 2 saturated carbocycles. The van der Waals surface area contributed by atoms with E-state index in [1.165, 1.54) is 12.8 Å². The summed E-state index contributed by atoms with van der Waals surface area (Å²) in [6.45, 7) is 2.76. The van der Waals surface area contributed by atoms with E-state index in [9.17, 15) is 4.79 Å². The van der Waals surface area contributed by atoms with Crippen molar-refractivity contribution in [3.63, 3.8) is 0 Å². The van der Waals surface area contributed by atoms with Crippen LogP contribution in [0.4, 0.5) is 0 Å². The first-order valence-electron chi connectivity index (χ1n) is 6.07. The first-order valence-corrected chi connectivity index (χ1v) is 6.07. The standard InChI is InChI=1S/C12H18O3/c1-8-5-7-14-11-10(13)9-4-2-3-6-12(9,11)15-8/h8-9,11H,2-7H2,1H3/t8-,9-,11-,12+/m1/s1. The first-order chi connectivity index (χ1) is 7.24. The molecule has 2 aliphatic carbocycles. The lowest BCUT2D eigenvalue weighted by atomic mass is 9.58. The second-order valence-electron chi connectivity index (χ2n) is 5.12. The zero-order valence-electron chi connectivity index (χ0n) is 9.20. The molecule has 3 nitrogen and oxygen atoms in total. The summed E-state index contributed by atoms with van der Waals surface area (Å²) in [4.78, 5) is 11.9. The zero-order chi connectivity index (χ0) is 10.5. The Labute approximate surface area is 90.1 Å². The van der Waals surface area contributed by atoms with Gasteiger partial charge in [-0.2, -0.15) is 0 Å². The molecular weight excluding hydrogens is 192 g/mol. The highest BCUT2D eigenvalue weighted by Crippen LogP contribution is 2.51. The third-order valence-corrected chi connectivity index (χ3v) is 4.18. The highest BCUT2D eigenvalue weighted by molar-refractivity contribution is 5.95. The van der Waals surface area contributed by atoms with E-state index in [1.807, 2.05) is 0 Å². The van der Waals surface area contributed by atoms with Gasteiger partial charge in [-0.05, 0) is 26.2 Å². The normalized spacial score (nSPS) is 49.9. The maximum Gasteiger partial charge on any atom is 0.170 e. The highest BCUT2D eigenvalue weighted by Gasteiger charge is 2.65. The van der Waals surface area contributed by atoms with Crippen LogP contribution in [-0.2, 0) is 14.3 Å². The van der Waals surface area contributed by atoms with E-state index >= 15 is 0 Å². The van der Waals surface area contributed by atoms with Crippen molar-refractivity contribution in [3.8, 4) is 0 Å². The summed E-state index contributed by atoms with van der Waals surface area (Å²) in [6.07, 6.45) is 5.28. The molecule has 3 aliphatic rings. The van der Waals surface area contributed by atoms with Crippen LogP contribution in [0.5, 0.6) is 0 Å². The molecule has 3 heteroatoms. The molecule has 15 heavy (non-hydrogen) atoms. The fraction of sp³-hybridized carbons (Fsp3) is 0.917. The minimum absolute atomic E-state index is 0.136. The Morgan fingerprint density at radius 2 is 2.20 bits per heavy atom. The van der Waals surface area contributed by atoms with Crippen LogP contribution in [-0.4, -0.2) is 30.2 Å². The van der Waals surface area contributed by atoms with E-state index in [-0.39, 0.29) is 23.7 Å². The molecule has 4 atom stereocenters. The van der Waals surface area contributed by atoms with Gasteiger partial charge in [-0.15, -0.1) is 0 Å². The van der Waals surface area contributed by atoms with Gasteiger partial charge < -0.3 is 9.47 Å². The van der Waals surface area contributed by atoms with Crippen LogP contribution in [0.15, 0.2) is 0 Å². The van der Waals surface area contributed by atoms with Gasteiger partial charge in [0.15, 0.2) is 5.78 Å². The molecular formula is C12H18O3. The number of hydrogen-bond acceptors (Lipinski definition) is 3. The predicted molar refractivity (Wildman–Crippen MR) is 54.6 cm³/mol.